The zero-order valence-corrected chi connectivity index (χ0v) is 21.3. The van der Waals surface area contributed by atoms with Crippen molar-refractivity contribution in [1.29, 1.82) is 0 Å². The third kappa shape index (κ3) is 4.93. The van der Waals surface area contributed by atoms with Gasteiger partial charge in [0.15, 0.2) is 5.82 Å². The highest BCUT2D eigenvalue weighted by atomic mass is 19.3. The van der Waals surface area contributed by atoms with Crippen LogP contribution >= 0.6 is 0 Å². The van der Waals surface area contributed by atoms with E-state index in [1.165, 1.54) is 12.1 Å². The van der Waals surface area contributed by atoms with Gasteiger partial charge in [0.2, 0.25) is 0 Å². The van der Waals surface area contributed by atoms with Gasteiger partial charge in [0.25, 0.3) is 6.43 Å². The van der Waals surface area contributed by atoms with Crippen LogP contribution in [0.25, 0.3) is 28.1 Å². The first kappa shape index (κ1) is 24.9. The molecule has 1 saturated carbocycles. The molecule has 3 heterocycles. The molecule has 1 aromatic carbocycles. The van der Waals surface area contributed by atoms with Gasteiger partial charge in [-0.15, -0.1) is 0 Å². The number of H-pyrrole nitrogens is 1. The summed E-state index contributed by atoms with van der Waals surface area (Å²) in [6.07, 6.45) is 1.41. The van der Waals surface area contributed by atoms with Gasteiger partial charge in [-0.2, -0.15) is 10.2 Å². The van der Waals surface area contributed by atoms with Crippen molar-refractivity contribution in [3.8, 4) is 17.1 Å². The summed E-state index contributed by atoms with van der Waals surface area (Å²) in [5, 5.41) is 20.8. The van der Waals surface area contributed by atoms with Crippen LogP contribution in [0.4, 0.5) is 14.6 Å². The molecule has 0 atom stereocenters. The fourth-order valence-electron chi connectivity index (χ4n) is 4.85. The van der Waals surface area contributed by atoms with Gasteiger partial charge in [-0.3, -0.25) is 0 Å². The van der Waals surface area contributed by atoms with Crippen molar-refractivity contribution in [2.75, 3.05) is 5.73 Å². The van der Waals surface area contributed by atoms with E-state index in [-0.39, 0.29) is 5.56 Å². The predicted octanol–water partition coefficient (Wildman–Crippen LogP) is 5.51. The fraction of sp³-hybridized carbons (Fsp3) is 0.370. The molecule has 0 unspecified atom stereocenters. The highest BCUT2D eigenvalue weighted by molar-refractivity contribution is 5.91. The maximum Gasteiger partial charge on any atom is 0.263 e. The van der Waals surface area contributed by atoms with E-state index in [1.54, 1.807) is 42.9 Å². The molecule has 1 aliphatic carbocycles. The summed E-state index contributed by atoms with van der Waals surface area (Å²) in [5.41, 5.74) is 9.63. The molecule has 1 fully saturated rings. The van der Waals surface area contributed by atoms with Crippen LogP contribution in [0.5, 0.6) is 0 Å². The lowest BCUT2D eigenvalue weighted by molar-refractivity contribution is 0.0772. The predicted molar refractivity (Wildman–Crippen MR) is 139 cm³/mol. The number of benzene rings is 1. The smallest absolute Gasteiger partial charge is 0.263 e. The van der Waals surface area contributed by atoms with E-state index in [0.29, 0.717) is 34.6 Å². The van der Waals surface area contributed by atoms with Gasteiger partial charge in [0.1, 0.15) is 17.2 Å². The van der Waals surface area contributed by atoms with E-state index in [4.69, 9.17) is 10.8 Å². The van der Waals surface area contributed by atoms with Gasteiger partial charge in [0.05, 0.1) is 11.3 Å². The molecule has 4 N–H and O–H groups in total. The van der Waals surface area contributed by atoms with Crippen molar-refractivity contribution < 1.29 is 13.9 Å². The summed E-state index contributed by atoms with van der Waals surface area (Å²) in [7, 11) is 0. The number of nitrogens with one attached hydrogen (secondary N) is 1. The first-order valence-corrected chi connectivity index (χ1v) is 12.3. The fourth-order valence-corrected chi connectivity index (χ4v) is 4.85. The number of rotatable bonds is 6. The van der Waals surface area contributed by atoms with Gasteiger partial charge in [-0.25, -0.2) is 23.1 Å². The Morgan fingerprint density at radius 2 is 1.84 bits per heavy atom. The molecule has 4 aromatic rings. The van der Waals surface area contributed by atoms with Gasteiger partial charge < -0.3 is 15.8 Å². The van der Waals surface area contributed by atoms with Gasteiger partial charge in [-0.05, 0) is 52.5 Å². The van der Waals surface area contributed by atoms with Crippen LogP contribution in [0.2, 0.25) is 0 Å². The third-order valence-electron chi connectivity index (χ3n) is 6.67. The maximum atomic E-state index is 13.1. The number of nitrogens with zero attached hydrogens (tertiary/aromatic N) is 5. The van der Waals surface area contributed by atoms with Crippen molar-refractivity contribution in [1.82, 2.24) is 29.5 Å². The first-order chi connectivity index (χ1) is 17.5. The number of aliphatic hydroxyl groups is 1. The Balaban J connectivity index is 1.70. The normalized spacial score (nSPS) is 13.9. The highest BCUT2D eigenvalue weighted by Gasteiger charge is 2.26. The second kappa shape index (κ2) is 9.26. The Labute approximate surface area is 213 Å². The average molecular weight is 508 g/mol. The van der Waals surface area contributed by atoms with Crippen molar-refractivity contribution in [2.24, 2.45) is 5.92 Å². The molecule has 1 aliphatic rings. The number of hydrogen-bond donors (Lipinski definition) is 3. The van der Waals surface area contributed by atoms with Crippen molar-refractivity contribution in [2.45, 2.75) is 59.1 Å². The number of aromatic nitrogens is 6. The first-order valence-electron chi connectivity index (χ1n) is 12.3. The monoisotopic (exact) mass is 507 g/mol. The zero-order valence-electron chi connectivity index (χ0n) is 21.3. The van der Waals surface area contributed by atoms with E-state index in [1.807, 2.05) is 24.6 Å². The minimum Gasteiger partial charge on any atom is -0.386 e. The summed E-state index contributed by atoms with van der Waals surface area (Å²) in [4.78, 5) is 7.93. The highest BCUT2D eigenvalue weighted by Crippen LogP contribution is 2.34. The van der Waals surface area contributed by atoms with Crippen LogP contribution in [0.3, 0.4) is 0 Å². The number of anilines is 1. The summed E-state index contributed by atoms with van der Waals surface area (Å²) < 4.78 is 29.8. The Bertz CT molecular complexity index is 1500. The Morgan fingerprint density at radius 3 is 2.43 bits per heavy atom. The molecule has 0 spiro atoms. The second-order valence-corrected chi connectivity index (χ2v) is 10.2. The van der Waals surface area contributed by atoms with Crippen LogP contribution in [0.1, 0.15) is 55.6 Å². The largest absolute Gasteiger partial charge is 0.386 e. The number of fused-ring (bicyclic) bond motifs is 1. The quantitative estimate of drug-likeness (QED) is 0.319. The van der Waals surface area contributed by atoms with Crippen molar-refractivity contribution in [3.63, 3.8) is 0 Å². The van der Waals surface area contributed by atoms with Crippen LogP contribution < -0.4 is 5.73 Å². The van der Waals surface area contributed by atoms with E-state index >= 15 is 0 Å². The number of aryl methyl sites for hydroxylation is 1. The van der Waals surface area contributed by atoms with Crippen LogP contribution in [0, 0.1) is 19.8 Å². The van der Waals surface area contributed by atoms with E-state index < -0.39 is 12.0 Å². The lowest BCUT2D eigenvalue weighted by atomic mass is 9.96. The number of hydrogen-bond acceptors (Lipinski definition) is 5. The molecule has 0 bridgehead atoms. The number of nitrogen functional groups attached to an aromatic ring is 1. The van der Waals surface area contributed by atoms with Gasteiger partial charge in [0, 0.05) is 46.6 Å². The maximum absolute atomic E-state index is 13.1. The van der Waals surface area contributed by atoms with E-state index in [2.05, 4.69) is 15.1 Å². The lowest BCUT2D eigenvalue weighted by Crippen LogP contribution is -2.17. The third-order valence-corrected chi connectivity index (χ3v) is 6.67. The number of halogens is 2. The van der Waals surface area contributed by atoms with Crippen LogP contribution in [-0.2, 0) is 12.1 Å². The summed E-state index contributed by atoms with van der Waals surface area (Å²) in [6.45, 7) is 7.91. The topological polar surface area (TPSA) is 111 Å². The SMILES string of the molecule is Cc1nn(-c2cc(N)[nH]c3c(ccn2)c(-c2ccc(C(F)F)cc2)nn3CC2CC2)c(C)c1C(C)(C)O. The van der Waals surface area contributed by atoms with Crippen LogP contribution in [0.15, 0.2) is 42.6 Å². The standard InChI is InChI=1S/C27H31F2N7O/c1-15-23(27(3,4)37)16(2)36(33-15)22-13-21(30)32-26-20(11-12-31-22)24(34-35(26)14-17-5-6-17)18-7-9-19(10-8-18)25(28)29/h7-13,17,25,32,37H,5-6,14,30H2,1-4H3. The van der Waals surface area contributed by atoms with Crippen molar-refractivity contribution >= 4 is 16.9 Å². The summed E-state index contributed by atoms with van der Waals surface area (Å²) in [6, 6.07) is 9.70. The lowest BCUT2D eigenvalue weighted by Gasteiger charge is -2.17. The minimum absolute atomic E-state index is 0.0359. The molecule has 3 aromatic heterocycles. The molecule has 8 nitrogen and oxygen atoms in total. The number of alkyl halides is 2. The van der Waals surface area contributed by atoms with E-state index in [9.17, 15) is 13.9 Å². The van der Waals surface area contributed by atoms with Gasteiger partial charge in [-0.1, -0.05) is 24.3 Å². The Morgan fingerprint density at radius 1 is 1.14 bits per heavy atom. The van der Waals surface area contributed by atoms with Crippen LogP contribution in [-0.4, -0.2) is 34.6 Å². The summed E-state index contributed by atoms with van der Waals surface area (Å²) in [5.74, 6) is 1.37. The molecule has 37 heavy (non-hydrogen) atoms. The zero-order chi connectivity index (χ0) is 26.5. The Kier molecular flexibility index (Phi) is 6.23. The molecule has 0 amide bonds. The second-order valence-electron chi connectivity index (χ2n) is 10.2. The molecule has 0 radical (unpaired) electrons. The van der Waals surface area contributed by atoms with E-state index in [0.717, 1.165) is 41.6 Å². The molecular weight excluding hydrogens is 476 g/mol. The molecule has 194 valence electrons. The minimum atomic E-state index is -2.53. The Hall–Kier alpha value is -3.79. The number of nitrogens with two attached hydrogens (primary N) is 1. The molecule has 10 heteroatoms. The molecule has 5 rings (SSSR count). The van der Waals surface area contributed by atoms with Gasteiger partial charge >= 0.3 is 0 Å². The number of aromatic amines is 1. The molecule has 0 aliphatic heterocycles. The molecular formula is C27H31F2N7O. The molecule has 0 saturated heterocycles. The van der Waals surface area contributed by atoms with Crippen molar-refractivity contribution in [3.05, 3.63) is 65.1 Å². The summed E-state index contributed by atoms with van der Waals surface area (Å²) >= 11 is 0. The average Bonchev–Trinajstić information content (AvgIpc) is 3.49.